The van der Waals surface area contributed by atoms with Crippen molar-refractivity contribution in [2.24, 2.45) is 0 Å². The summed E-state index contributed by atoms with van der Waals surface area (Å²) in [6.07, 6.45) is 0.608. The number of anilines is 1. The summed E-state index contributed by atoms with van der Waals surface area (Å²) in [6, 6.07) is 11.8. The number of nitrogens with zero attached hydrogens (tertiary/aromatic N) is 3. The molecule has 3 rings (SSSR count). The molecule has 0 aliphatic carbocycles. The molecule has 0 bridgehead atoms. The van der Waals surface area contributed by atoms with Gasteiger partial charge in [0.1, 0.15) is 17.0 Å². The third-order valence-corrected chi connectivity index (χ3v) is 5.21. The molecule has 1 heterocycles. The van der Waals surface area contributed by atoms with Gasteiger partial charge in [0.05, 0.1) is 11.2 Å². The van der Waals surface area contributed by atoms with Crippen LogP contribution >= 0.6 is 0 Å². The molecular weight excluding hydrogens is 461 g/mol. The van der Waals surface area contributed by atoms with E-state index in [1.54, 1.807) is 45.2 Å². The first-order chi connectivity index (χ1) is 16.6. The maximum atomic E-state index is 14.9. The summed E-state index contributed by atoms with van der Waals surface area (Å²) in [6.45, 7) is 11.7. The highest BCUT2D eigenvalue weighted by molar-refractivity contribution is 6.00. The summed E-state index contributed by atoms with van der Waals surface area (Å²) in [5.41, 5.74) is 1.01. The van der Waals surface area contributed by atoms with Gasteiger partial charge in [-0.15, -0.1) is 0 Å². The first kappa shape index (κ1) is 27.2. The summed E-state index contributed by atoms with van der Waals surface area (Å²) in [5, 5.41) is 0.761. The van der Waals surface area contributed by atoms with Crippen LogP contribution in [0.25, 0.3) is 22.0 Å². The van der Waals surface area contributed by atoms with Crippen molar-refractivity contribution in [1.82, 2.24) is 9.47 Å². The molecule has 0 spiro atoms. The van der Waals surface area contributed by atoms with Crippen LogP contribution in [-0.4, -0.2) is 60.0 Å². The molecule has 0 aliphatic rings. The molecule has 1 aromatic heterocycles. The van der Waals surface area contributed by atoms with E-state index in [0.717, 1.165) is 10.9 Å². The Balaban J connectivity index is 2.06. The average Bonchev–Trinajstić information content (AvgIpc) is 3.15. The molecule has 0 unspecified atom stereocenters. The topological polar surface area (TPSA) is 64.0 Å². The highest BCUT2D eigenvalue weighted by atomic mass is 19.1. The quantitative estimate of drug-likeness (QED) is 0.401. The standard InChI is InChI=1S/C28H36FN3O4/c1-27(2,3)35-25(33)31(15-14-30(7)8)21-17-19(16-20(29)18-21)22-10-9-11-24-23(22)12-13-32(24)26(34)36-28(4,5)6/h9-13,16-18H,14-15H2,1-8H3. The Hall–Kier alpha value is -3.39. The Kier molecular flexibility index (Phi) is 7.79. The Morgan fingerprint density at radius 1 is 0.917 bits per heavy atom. The molecular formula is C28H36FN3O4. The number of carbonyl (C=O) groups excluding carboxylic acids is 2. The predicted molar refractivity (Wildman–Crippen MR) is 141 cm³/mol. The third kappa shape index (κ3) is 6.85. The fourth-order valence-electron chi connectivity index (χ4n) is 3.72. The summed E-state index contributed by atoms with van der Waals surface area (Å²) in [4.78, 5) is 29.1. The van der Waals surface area contributed by atoms with E-state index in [1.165, 1.54) is 21.6 Å². The van der Waals surface area contributed by atoms with Gasteiger partial charge in [0.15, 0.2) is 0 Å². The van der Waals surface area contributed by atoms with E-state index < -0.39 is 29.2 Å². The minimum absolute atomic E-state index is 0.323. The molecule has 8 heteroatoms. The Bertz CT molecular complexity index is 1250. The van der Waals surface area contributed by atoms with E-state index in [-0.39, 0.29) is 0 Å². The van der Waals surface area contributed by atoms with E-state index in [9.17, 15) is 14.0 Å². The molecule has 0 atom stereocenters. The molecule has 0 radical (unpaired) electrons. The molecule has 0 saturated carbocycles. The van der Waals surface area contributed by atoms with Crippen LogP contribution in [-0.2, 0) is 9.47 Å². The normalized spacial score (nSPS) is 12.2. The van der Waals surface area contributed by atoms with Gasteiger partial charge in [-0.05, 0) is 97.1 Å². The zero-order valence-corrected chi connectivity index (χ0v) is 22.4. The van der Waals surface area contributed by atoms with Crippen LogP contribution in [0.5, 0.6) is 0 Å². The lowest BCUT2D eigenvalue weighted by atomic mass is 10.0. The van der Waals surface area contributed by atoms with Crippen LogP contribution in [0.4, 0.5) is 19.7 Å². The minimum Gasteiger partial charge on any atom is -0.443 e. The number of ether oxygens (including phenoxy) is 2. The zero-order chi connectivity index (χ0) is 26.8. The molecule has 2 aromatic carbocycles. The highest BCUT2D eigenvalue weighted by Crippen LogP contribution is 2.33. The van der Waals surface area contributed by atoms with Gasteiger partial charge in [0.2, 0.25) is 0 Å². The van der Waals surface area contributed by atoms with Gasteiger partial charge in [-0.25, -0.2) is 14.0 Å². The first-order valence-corrected chi connectivity index (χ1v) is 11.9. The van der Waals surface area contributed by atoms with E-state index >= 15 is 0 Å². The van der Waals surface area contributed by atoms with Gasteiger partial charge in [0.25, 0.3) is 0 Å². The van der Waals surface area contributed by atoms with Crippen LogP contribution in [0.1, 0.15) is 41.5 Å². The lowest BCUT2D eigenvalue weighted by molar-refractivity contribution is 0.0541. The van der Waals surface area contributed by atoms with Gasteiger partial charge in [-0.1, -0.05) is 12.1 Å². The fraction of sp³-hybridized carbons (Fsp3) is 0.429. The zero-order valence-electron chi connectivity index (χ0n) is 22.4. The fourth-order valence-corrected chi connectivity index (χ4v) is 3.72. The average molecular weight is 498 g/mol. The number of rotatable bonds is 5. The number of carbonyl (C=O) groups is 2. The maximum Gasteiger partial charge on any atom is 0.418 e. The van der Waals surface area contributed by atoms with Crippen LogP contribution in [0.2, 0.25) is 0 Å². The predicted octanol–water partition coefficient (Wildman–Crippen LogP) is 6.53. The summed E-state index contributed by atoms with van der Waals surface area (Å²) >= 11 is 0. The lowest BCUT2D eigenvalue weighted by Gasteiger charge is -2.28. The number of benzene rings is 2. The van der Waals surface area contributed by atoms with Crippen molar-refractivity contribution in [3.63, 3.8) is 0 Å². The molecule has 194 valence electrons. The second-order valence-corrected chi connectivity index (χ2v) is 11.0. The van der Waals surface area contributed by atoms with Crippen molar-refractivity contribution in [2.45, 2.75) is 52.7 Å². The number of hydrogen-bond acceptors (Lipinski definition) is 5. The van der Waals surface area contributed by atoms with Crippen molar-refractivity contribution in [3.8, 4) is 11.1 Å². The van der Waals surface area contributed by atoms with Gasteiger partial charge in [-0.3, -0.25) is 9.47 Å². The maximum absolute atomic E-state index is 14.9. The lowest BCUT2D eigenvalue weighted by Crippen LogP contribution is -2.40. The van der Waals surface area contributed by atoms with Crippen molar-refractivity contribution < 1.29 is 23.5 Å². The SMILES string of the molecule is CN(C)CCN(C(=O)OC(C)(C)C)c1cc(F)cc(-c2cccc3c2ccn3C(=O)OC(C)(C)C)c1. The molecule has 3 aromatic rings. The Labute approximate surface area is 212 Å². The molecule has 0 aliphatic heterocycles. The summed E-state index contributed by atoms with van der Waals surface area (Å²) in [5.74, 6) is -0.482. The molecule has 36 heavy (non-hydrogen) atoms. The summed E-state index contributed by atoms with van der Waals surface area (Å²) < 4.78 is 27.5. The Morgan fingerprint density at radius 3 is 2.19 bits per heavy atom. The number of likely N-dealkylation sites (N-methyl/N-ethyl adjacent to an activating group) is 1. The minimum atomic E-state index is -0.695. The van der Waals surface area contributed by atoms with Crippen molar-refractivity contribution in [1.29, 1.82) is 0 Å². The number of amides is 1. The van der Waals surface area contributed by atoms with Crippen LogP contribution < -0.4 is 4.90 Å². The number of fused-ring (bicyclic) bond motifs is 1. The van der Waals surface area contributed by atoms with E-state index in [0.29, 0.717) is 29.9 Å². The number of aromatic nitrogens is 1. The molecule has 0 fully saturated rings. The molecule has 7 nitrogen and oxygen atoms in total. The van der Waals surface area contributed by atoms with Gasteiger partial charge in [0, 0.05) is 24.7 Å². The number of hydrogen-bond donors (Lipinski definition) is 0. The summed E-state index contributed by atoms with van der Waals surface area (Å²) in [7, 11) is 3.81. The highest BCUT2D eigenvalue weighted by Gasteiger charge is 2.25. The largest absolute Gasteiger partial charge is 0.443 e. The van der Waals surface area contributed by atoms with E-state index in [1.807, 2.05) is 51.9 Å². The van der Waals surface area contributed by atoms with Crippen molar-refractivity contribution >= 4 is 28.8 Å². The monoisotopic (exact) mass is 497 g/mol. The van der Waals surface area contributed by atoms with Crippen molar-refractivity contribution in [2.75, 3.05) is 32.1 Å². The van der Waals surface area contributed by atoms with Crippen LogP contribution in [0.15, 0.2) is 48.7 Å². The Morgan fingerprint density at radius 2 is 1.58 bits per heavy atom. The van der Waals surface area contributed by atoms with E-state index in [4.69, 9.17) is 9.47 Å². The second-order valence-electron chi connectivity index (χ2n) is 11.0. The molecule has 0 N–H and O–H groups in total. The second kappa shape index (κ2) is 10.3. The van der Waals surface area contributed by atoms with Gasteiger partial charge in [-0.2, -0.15) is 0 Å². The molecule has 0 saturated heterocycles. The first-order valence-electron chi connectivity index (χ1n) is 11.9. The van der Waals surface area contributed by atoms with Crippen LogP contribution in [0, 0.1) is 5.82 Å². The van der Waals surface area contributed by atoms with Gasteiger partial charge < -0.3 is 14.4 Å². The number of halogens is 1. The van der Waals surface area contributed by atoms with Crippen LogP contribution in [0.3, 0.4) is 0 Å². The van der Waals surface area contributed by atoms with Gasteiger partial charge >= 0.3 is 12.2 Å². The van der Waals surface area contributed by atoms with E-state index in [2.05, 4.69) is 0 Å². The smallest absolute Gasteiger partial charge is 0.418 e. The third-order valence-electron chi connectivity index (χ3n) is 5.21. The van der Waals surface area contributed by atoms with Crippen molar-refractivity contribution in [3.05, 3.63) is 54.5 Å². The molecule has 1 amide bonds.